The minimum Gasteiger partial charge on any atom is -0.224 e. The van der Waals surface area contributed by atoms with Crippen molar-refractivity contribution in [1.82, 2.24) is 0 Å². The van der Waals surface area contributed by atoms with Crippen LogP contribution in [-0.2, 0) is 9.84 Å². The Labute approximate surface area is 91.0 Å². The predicted octanol–water partition coefficient (Wildman–Crippen LogP) is 2.51. The van der Waals surface area contributed by atoms with Gasteiger partial charge < -0.3 is 0 Å². The van der Waals surface area contributed by atoms with Crippen LogP contribution in [0.15, 0.2) is 29.2 Å². The SMILES string of the molecule is O=S(=O)(CCBr)c1ccc(Cl)cc1. The van der Waals surface area contributed by atoms with E-state index >= 15 is 0 Å². The van der Waals surface area contributed by atoms with Crippen LogP contribution >= 0.6 is 27.5 Å². The molecular formula is C8H8BrClO2S. The summed E-state index contributed by atoms with van der Waals surface area (Å²) in [6.07, 6.45) is 0. The first kappa shape index (κ1) is 11.0. The normalized spacial score (nSPS) is 11.5. The zero-order chi connectivity index (χ0) is 9.90. The maximum absolute atomic E-state index is 11.5. The van der Waals surface area contributed by atoms with Gasteiger partial charge in [-0.05, 0) is 24.3 Å². The number of benzene rings is 1. The standard InChI is InChI=1S/C8H8BrClO2S/c9-5-6-13(11,12)8-3-1-7(10)2-4-8/h1-4H,5-6H2. The highest BCUT2D eigenvalue weighted by Crippen LogP contribution is 2.15. The van der Waals surface area contributed by atoms with E-state index in [0.29, 0.717) is 15.2 Å². The van der Waals surface area contributed by atoms with Gasteiger partial charge in [-0.25, -0.2) is 8.42 Å². The van der Waals surface area contributed by atoms with Gasteiger partial charge in [0.1, 0.15) is 0 Å². The predicted molar refractivity (Wildman–Crippen MR) is 57.3 cm³/mol. The lowest BCUT2D eigenvalue weighted by Gasteiger charge is -2.01. The van der Waals surface area contributed by atoms with Crippen molar-refractivity contribution >= 4 is 37.4 Å². The zero-order valence-electron chi connectivity index (χ0n) is 6.70. The van der Waals surface area contributed by atoms with Gasteiger partial charge in [0.05, 0.1) is 10.6 Å². The van der Waals surface area contributed by atoms with Crippen LogP contribution in [0.25, 0.3) is 0 Å². The highest BCUT2D eigenvalue weighted by Gasteiger charge is 2.12. The van der Waals surface area contributed by atoms with Gasteiger partial charge in [-0.1, -0.05) is 27.5 Å². The Morgan fingerprint density at radius 1 is 1.23 bits per heavy atom. The van der Waals surface area contributed by atoms with Crippen molar-refractivity contribution in [3.63, 3.8) is 0 Å². The van der Waals surface area contributed by atoms with Crippen LogP contribution < -0.4 is 0 Å². The quantitative estimate of drug-likeness (QED) is 0.799. The van der Waals surface area contributed by atoms with Gasteiger partial charge in [0.25, 0.3) is 0 Å². The lowest BCUT2D eigenvalue weighted by Crippen LogP contribution is -2.07. The average Bonchev–Trinajstić information content (AvgIpc) is 2.05. The van der Waals surface area contributed by atoms with Crippen molar-refractivity contribution < 1.29 is 8.42 Å². The van der Waals surface area contributed by atoms with Gasteiger partial charge in [-0.2, -0.15) is 0 Å². The van der Waals surface area contributed by atoms with E-state index in [-0.39, 0.29) is 5.75 Å². The molecule has 72 valence electrons. The smallest absolute Gasteiger partial charge is 0.179 e. The van der Waals surface area contributed by atoms with E-state index in [1.54, 1.807) is 12.1 Å². The topological polar surface area (TPSA) is 34.1 Å². The Kier molecular flexibility index (Phi) is 3.76. The van der Waals surface area contributed by atoms with Crippen molar-refractivity contribution in [2.45, 2.75) is 4.90 Å². The lowest BCUT2D eigenvalue weighted by atomic mass is 10.4. The lowest BCUT2D eigenvalue weighted by molar-refractivity contribution is 0.597. The Balaban J connectivity index is 3.02. The van der Waals surface area contributed by atoms with Gasteiger partial charge in [-0.15, -0.1) is 0 Å². The molecule has 0 aliphatic heterocycles. The molecule has 0 bridgehead atoms. The summed E-state index contributed by atoms with van der Waals surface area (Å²) >= 11 is 8.73. The third-order valence-corrected chi connectivity index (χ3v) is 4.42. The molecule has 0 heterocycles. The first-order valence-corrected chi connectivity index (χ1v) is 6.76. The van der Waals surface area contributed by atoms with Crippen LogP contribution in [0, 0.1) is 0 Å². The number of hydrogen-bond donors (Lipinski definition) is 0. The molecule has 2 nitrogen and oxygen atoms in total. The first-order chi connectivity index (χ1) is 6.06. The fraction of sp³-hybridized carbons (Fsp3) is 0.250. The molecule has 0 aliphatic rings. The summed E-state index contributed by atoms with van der Waals surface area (Å²) in [6.45, 7) is 0. The summed E-state index contributed by atoms with van der Waals surface area (Å²) in [5, 5.41) is 0.982. The molecule has 1 aromatic carbocycles. The van der Waals surface area contributed by atoms with Crippen LogP contribution in [0.1, 0.15) is 0 Å². The molecular weight excluding hydrogens is 276 g/mol. The molecule has 0 aromatic heterocycles. The fourth-order valence-electron chi connectivity index (χ4n) is 0.861. The van der Waals surface area contributed by atoms with Gasteiger partial charge in [-0.3, -0.25) is 0 Å². The Hall–Kier alpha value is -0.0600. The molecule has 0 atom stereocenters. The highest BCUT2D eigenvalue weighted by molar-refractivity contribution is 9.09. The third-order valence-electron chi connectivity index (χ3n) is 1.52. The monoisotopic (exact) mass is 282 g/mol. The molecule has 0 saturated heterocycles. The largest absolute Gasteiger partial charge is 0.224 e. The first-order valence-electron chi connectivity index (χ1n) is 3.60. The minimum atomic E-state index is -3.13. The van der Waals surface area contributed by atoms with Crippen molar-refractivity contribution in [2.24, 2.45) is 0 Å². The van der Waals surface area contributed by atoms with Gasteiger partial charge in [0.15, 0.2) is 9.84 Å². The molecule has 5 heteroatoms. The highest BCUT2D eigenvalue weighted by atomic mass is 79.9. The van der Waals surface area contributed by atoms with E-state index in [1.165, 1.54) is 12.1 Å². The molecule has 0 amide bonds. The maximum Gasteiger partial charge on any atom is 0.179 e. The van der Waals surface area contributed by atoms with Gasteiger partial charge in [0.2, 0.25) is 0 Å². The van der Waals surface area contributed by atoms with Crippen LogP contribution in [0.4, 0.5) is 0 Å². The molecule has 0 fully saturated rings. The van der Waals surface area contributed by atoms with E-state index in [1.807, 2.05) is 0 Å². The molecule has 1 aromatic rings. The van der Waals surface area contributed by atoms with E-state index in [2.05, 4.69) is 15.9 Å². The molecule has 0 saturated carbocycles. The van der Waals surface area contributed by atoms with E-state index in [9.17, 15) is 8.42 Å². The zero-order valence-corrected chi connectivity index (χ0v) is 9.86. The number of alkyl halides is 1. The second-order valence-corrected chi connectivity index (χ2v) is 5.80. The summed E-state index contributed by atoms with van der Waals surface area (Å²) < 4.78 is 22.9. The molecule has 0 unspecified atom stereocenters. The van der Waals surface area contributed by atoms with Crippen LogP contribution in [-0.4, -0.2) is 19.5 Å². The Morgan fingerprint density at radius 3 is 2.23 bits per heavy atom. The number of sulfone groups is 1. The van der Waals surface area contributed by atoms with Crippen molar-refractivity contribution in [3.05, 3.63) is 29.3 Å². The molecule has 1 rings (SSSR count). The Bertz CT molecular complexity index is 372. The van der Waals surface area contributed by atoms with Crippen LogP contribution in [0.5, 0.6) is 0 Å². The maximum atomic E-state index is 11.5. The molecule has 0 aliphatic carbocycles. The number of halogens is 2. The summed E-state index contributed by atoms with van der Waals surface area (Å²) in [5.74, 6) is 0.106. The van der Waals surface area contributed by atoms with Crippen molar-refractivity contribution in [2.75, 3.05) is 11.1 Å². The van der Waals surface area contributed by atoms with Crippen molar-refractivity contribution in [1.29, 1.82) is 0 Å². The summed E-state index contributed by atoms with van der Waals surface area (Å²) in [6, 6.07) is 6.17. The summed E-state index contributed by atoms with van der Waals surface area (Å²) in [5.41, 5.74) is 0. The molecule has 13 heavy (non-hydrogen) atoms. The van der Waals surface area contributed by atoms with Crippen LogP contribution in [0.2, 0.25) is 5.02 Å². The third kappa shape index (κ3) is 2.97. The van der Waals surface area contributed by atoms with Crippen molar-refractivity contribution in [3.8, 4) is 0 Å². The Morgan fingerprint density at radius 2 is 1.77 bits per heavy atom. The summed E-state index contributed by atoms with van der Waals surface area (Å²) in [7, 11) is -3.13. The minimum absolute atomic E-state index is 0.106. The number of rotatable bonds is 3. The fourth-order valence-corrected chi connectivity index (χ4v) is 3.26. The molecule has 0 N–H and O–H groups in total. The van der Waals surface area contributed by atoms with Gasteiger partial charge in [0, 0.05) is 10.4 Å². The van der Waals surface area contributed by atoms with Gasteiger partial charge >= 0.3 is 0 Å². The van der Waals surface area contributed by atoms with E-state index < -0.39 is 9.84 Å². The summed E-state index contributed by atoms with van der Waals surface area (Å²) in [4.78, 5) is 0.316. The molecule has 0 spiro atoms. The van der Waals surface area contributed by atoms with Crippen LogP contribution in [0.3, 0.4) is 0 Å². The second kappa shape index (κ2) is 4.44. The average molecular weight is 284 g/mol. The number of hydrogen-bond acceptors (Lipinski definition) is 2. The second-order valence-electron chi connectivity index (χ2n) is 2.46. The van der Waals surface area contributed by atoms with E-state index in [4.69, 9.17) is 11.6 Å². The van der Waals surface area contributed by atoms with E-state index in [0.717, 1.165) is 0 Å². The molecule has 0 radical (unpaired) electrons.